The maximum Gasteiger partial charge on any atom is 0.349 e. The summed E-state index contributed by atoms with van der Waals surface area (Å²) in [5.41, 5.74) is 5.03. The largest absolute Gasteiger partial charge is 0.477 e. The van der Waals surface area contributed by atoms with E-state index in [1.54, 1.807) is 0 Å². The van der Waals surface area contributed by atoms with E-state index in [0.29, 0.717) is 13.0 Å². The molecule has 0 rings (SSSR count). The number of hydrogen-bond acceptors (Lipinski definition) is 3. The van der Waals surface area contributed by atoms with Crippen LogP contribution in [0.1, 0.15) is 25.7 Å². The molecule has 0 aliphatic heterocycles. The summed E-state index contributed by atoms with van der Waals surface area (Å²) in [6, 6.07) is 0. The molecular weight excluding hydrogens is 144 g/mol. The predicted octanol–water partition coefficient (Wildman–Crippen LogP) is 0.610. The number of aliphatic carboxylic acids is 1. The van der Waals surface area contributed by atoms with Crippen molar-refractivity contribution in [3.63, 3.8) is 0 Å². The van der Waals surface area contributed by atoms with Crippen LogP contribution in [-0.2, 0) is 4.79 Å². The standard InChI is InChI=1S/C7H14N2O2/c8-5-3-1-2-4-6(9)7(10)11/h9H,1-5,8H2,(H,10,11). The molecule has 4 heteroatoms. The summed E-state index contributed by atoms with van der Waals surface area (Å²) in [5.74, 6) is -1.11. The van der Waals surface area contributed by atoms with Gasteiger partial charge < -0.3 is 10.8 Å². The van der Waals surface area contributed by atoms with E-state index in [-0.39, 0.29) is 5.71 Å². The van der Waals surface area contributed by atoms with Crippen molar-refractivity contribution in [2.24, 2.45) is 5.73 Å². The highest BCUT2D eigenvalue weighted by molar-refractivity contribution is 6.34. The molecule has 0 spiro atoms. The lowest BCUT2D eigenvalue weighted by Gasteiger charge is -1.97. The third-order valence-corrected chi connectivity index (χ3v) is 1.39. The molecule has 4 nitrogen and oxygen atoms in total. The smallest absolute Gasteiger partial charge is 0.349 e. The molecule has 0 saturated heterocycles. The SMILES string of the molecule is N=C(CCCCCN)C(=O)O. The van der Waals surface area contributed by atoms with E-state index in [1.165, 1.54) is 0 Å². The molecule has 0 aromatic heterocycles. The Labute approximate surface area is 65.9 Å². The lowest BCUT2D eigenvalue weighted by Crippen LogP contribution is -2.11. The summed E-state index contributed by atoms with van der Waals surface area (Å²) >= 11 is 0. The second kappa shape index (κ2) is 5.85. The van der Waals surface area contributed by atoms with Gasteiger partial charge in [0.2, 0.25) is 0 Å². The Morgan fingerprint density at radius 2 is 2.00 bits per heavy atom. The second-order valence-corrected chi connectivity index (χ2v) is 2.38. The van der Waals surface area contributed by atoms with Gasteiger partial charge >= 0.3 is 5.97 Å². The minimum absolute atomic E-state index is 0.206. The van der Waals surface area contributed by atoms with Gasteiger partial charge in [0.25, 0.3) is 0 Å². The van der Waals surface area contributed by atoms with Crippen LogP contribution in [0.3, 0.4) is 0 Å². The molecule has 11 heavy (non-hydrogen) atoms. The van der Waals surface area contributed by atoms with Gasteiger partial charge in [-0.05, 0) is 25.8 Å². The lowest BCUT2D eigenvalue weighted by molar-refractivity contribution is -0.129. The maximum atomic E-state index is 10.1. The molecule has 0 unspecified atom stereocenters. The molecule has 0 fully saturated rings. The van der Waals surface area contributed by atoms with E-state index in [2.05, 4.69) is 0 Å². The predicted molar refractivity (Wildman–Crippen MR) is 42.9 cm³/mol. The summed E-state index contributed by atoms with van der Waals surface area (Å²) in [7, 11) is 0. The fraction of sp³-hybridized carbons (Fsp3) is 0.714. The van der Waals surface area contributed by atoms with Crippen LogP contribution in [0, 0.1) is 5.41 Å². The van der Waals surface area contributed by atoms with Gasteiger partial charge in [-0.2, -0.15) is 0 Å². The quantitative estimate of drug-likeness (QED) is 0.391. The highest BCUT2D eigenvalue weighted by Crippen LogP contribution is 1.99. The van der Waals surface area contributed by atoms with Crippen molar-refractivity contribution in [3.8, 4) is 0 Å². The van der Waals surface area contributed by atoms with Gasteiger partial charge in [-0.15, -0.1) is 0 Å². The van der Waals surface area contributed by atoms with Crippen molar-refractivity contribution < 1.29 is 9.90 Å². The molecule has 0 atom stereocenters. The van der Waals surface area contributed by atoms with E-state index in [1.807, 2.05) is 0 Å². The van der Waals surface area contributed by atoms with Gasteiger partial charge in [-0.25, -0.2) is 4.79 Å². The van der Waals surface area contributed by atoms with Crippen LogP contribution in [0.4, 0.5) is 0 Å². The monoisotopic (exact) mass is 158 g/mol. The molecule has 0 heterocycles. The van der Waals surface area contributed by atoms with Crippen LogP contribution in [-0.4, -0.2) is 23.3 Å². The molecule has 4 N–H and O–H groups in total. The van der Waals surface area contributed by atoms with Gasteiger partial charge in [-0.3, -0.25) is 5.41 Å². The summed E-state index contributed by atoms with van der Waals surface area (Å²) < 4.78 is 0. The summed E-state index contributed by atoms with van der Waals surface area (Å²) in [6.07, 6.45) is 2.93. The van der Waals surface area contributed by atoms with E-state index in [4.69, 9.17) is 16.2 Å². The fourth-order valence-corrected chi connectivity index (χ4v) is 0.730. The third kappa shape index (κ3) is 5.54. The van der Waals surface area contributed by atoms with Crippen molar-refractivity contribution in [1.29, 1.82) is 5.41 Å². The highest BCUT2D eigenvalue weighted by Gasteiger charge is 2.04. The van der Waals surface area contributed by atoms with Gasteiger partial charge in [0, 0.05) is 0 Å². The molecule has 0 saturated carbocycles. The molecular formula is C7H14N2O2. The molecule has 64 valence electrons. The van der Waals surface area contributed by atoms with E-state index < -0.39 is 5.97 Å². The average Bonchev–Trinajstić information content (AvgIpc) is 1.97. The van der Waals surface area contributed by atoms with Crippen molar-refractivity contribution in [3.05, 3.63) is 0 Å². The van der Waals surface area contributed by atoms with E-state index >= 15 is 0 Å². The summed E-state index contributed by atoms with van der Waals surface area (Å²) in [5, 5.41) is 15.2. The number of carboxylic acid groups (broad SMARTS) is 1. The molecule has 0 aliphatic rings. The number of carbonyl (C=O) groups is 1. The number of unbranched alkanes of at least 4 members (excludes halogenated alkanes) is 2. The molecule has 0 aliphatic carbocycles. The Balaban J connectivity index is 3.25. The van der Waals surface area contributed by atoms with E-state index in [9.17, 15) is 4.79 Å². The zero-order valence-corrected chi connectivity index (χ0v) is 6.47. The van der Waals surface area contributed by atoms with Crippen molar-refractivity contribution in [1.82, 2.24) is 0 Å². The highest BCUT2D eigenvalue weighted by atomic mass is 16.4. The molecule has 0 aromatic rings. The molecule has 0 aromatic carbocycles. The third-order valence-electron chi connectivity index (χ3n) is 1.39. The zero-order valence-electron chi connectivity index (χ0n) is 6.47. The number of nitrogens with one attached hydrogen (secondary N) is 1. The number of carboxylic acids is 1. The zero-order chi connectivity index (χ0) is 8.69. The van der Waals surface area contributed by atoms with Crippen LogP contribution < -0.4 is 5.73 Å². The Bertz CT molecular complexity index is 145. The van der Waals surface area contributed by atoms with Gasteiger partial charge in [0.05, 0.1) is 0 Å². The molecule has 0 amide bonds. The van der Waals surface area contributed by atoms with Crippen molar-refractivity contribution in [2.75, 3.05) is 6.54 Å². The second-order valence-electron chi connectivity index (χ2n) is 2.38. The van der Waals surface area contributed by atoms with Crippen molar-refractivity contribution in [2.45, 2.75) is 25.7 Å². The first-order valence-corrected chi connectivity index (χ1v) is 3.69. The first kappa shape index (κ1) is 10.1. The minimum Gasteiger partial charge on any atom is -0.477 e. The van der Waals surface area contributed by atoms with E-state index in [0.717, 1.165) is 19.3 Å². The van der Waals surface area contributed by atoms with Crippen LogP contribution >= 0.6 is 0 Å². The fourth-order valence-electron chi connectivity index (χ4n) is 0.730. The van der Waals surface area contributed by atoms with Gasteiger partial charge in [0.15, 0.2) is 0 Å². The topological polar surface area (TPSA) is 87.2 Å². The Morgan fingerprint density at radius 1 is 1.36 bits per heavy atom. The normalized spacial score (nSPS) is 9.55. The van der Waals surface area contributed by atoms with Gasteiger partial charge in [-0.1, -0.05) is 6.42 Å². The number of nitrogens with two attached hydrogens (primary N) is 1. The summed E-state index contributed by atoms with van der Waals surface area (Å²) in [4.78, 5) is 10.1. The van der Waals surface area contributed by atoms with Crippen LogP contribution in [0.15, 0.2) is 0 Å². The van der Waals surface area contributed by atoms with Crippen LogP contribution in [0.5, 0.6) is 0 Å². The Morgan fingerprint density at radius 3 is 2.45 bits per heavy atom. The first-order chi connectivity index (χ1) is 5.18. The summed E-state index contributed by atoms with van der Waals surface area (Å²) in [6.45, 7) is 0.639. The van der Waals surface area contributed by atoms with Crippen LogP contribution in [0.25, 0.3) is 0 Å². The lowest BCUT2D eigenvalue weighted by atomic mass is 10.1. The number of hydrogen-bond donors (Lipinski definition) is 3. The minimum atomic E-state index is -1.11. The molecule has 0 bridgehead atoms. The average molecular weight is 158 g/mol. The Kier molecular flexibility index (Phi) is 5.37. The van der Waals surface area contributed by atoms with Crippen molar-refractivity contribution >= 4 is 11.7 Å². The first-order valence-electron chi connectivity index (χ1n) is 3.69. The van der Waals surface area contributed by atoms with Crippen LogP contribution in [0.2, 0.25) is 0 Å². The van der Waals surface area contributed by atoms with Gasteiger partial charge in [0.1, 0.15) is 5.71 Å². The maximum absolute atomic E-state index is 10.1. The Hall–Kier alpha value is -0.900. The number of rotatable bonds is 6. The molecule has 0 radical (unpaired) electrons.